The van der Waals surface area contributed by atoms with E-state index in [9.17, 15) is 26.7 Å². The van der Waals surface area contributed by atoms with Gasteiger partial charge in [0.25, 0.3) is 0 Å². The van der Waals surface area contributed by atoms with Gasteiger partial charge in [0.1, 0.15) is 0 Å². The number of alkyl halides is 3. The molecule has 1 aromatic carbocycles. The van der Waals surface area contributed by atoms with Crippen LogP contribution in [-0.4, -0.2) is 32.1 Å². The van der Waals surface area contributed by atoms with Crippen LogP contribution in [-0.2, 0) is 10.0 Å². The van der Waals surface area contributed by atoms with Gasteiger partial charge in [-0.2, -0.15) is 13.2 Å². The van der Waals surface area contributed by atoms with Crippen LogP contribution in [0.25, 0.3) is 0 Å². The maximum atomic E-state index is 12.0. The molecule has 2 N–H and O–H groups in total. The highest BCUT2D eigenvalue weighted by molar-refractivity contribution is 7.89. The Kier molecular flexibility index (Phi) is 5.97. The standard InChI is InChI=1S/C12H16F3NO3S/c13-12(14,15)7-4-8-20(18,19)16-11(9-17)10-5-2-1-3-6-10/h1-3,5-6,11,16-17H,4,7-9H2/t11-/m0/s1. The van der Waals surface area contributed by atoms with Gasteiger partial charge in [0.15, 0.2) is 0 Å². The number of rotatable bonds is 7. The molecule has 0 radical (unpaired) electrons. The van der Waals surface area contributed by atoms with Gasteiger partial charge in [-0.1, -0.05) is 30.3 Å². The van der Waals surface area contributed by atoms with E-state index >= 15 is 0 Å². The van der Waals surface area contributed by atoms with Gasteiger partial charge in [-0.05, 0) is 12.0 Å². The lowest BCUT2D eigenvalue weighted by Crippen LogP contribution is -2.33. The van der Waals surface area contributed by atoms with E-state index in [0.29, 0.717) is 5.56 Å². The predicted molar refractivity (Wildman–Crippen MR) is 68.5 cm³/mol. The molecule has 8 heteroatoms. The quantitative estimate of drug-likeness (QED) is 0.809. The molecular weight excluding hydrogens is 295 g/mol. The molecule has 0 saturated carbocycles. The smallest absolute Gasteiger partial charge is 0.389 e. The monoisotopic (exact) mass is 311 g/mol. The summed E-state index contributed by atoms with van der Waals surface area (Å²) in [5.74, 6) is -0.629. The highest BCUT2D eigenvalue weighted by Gasteiger charge is 2.28. The second kappa shape index (κ2) is 7.05. The molecule has 114 valence electrons. The molecule has 0 aliphatic carbocycles. The largest absolute Gasteiger partial charge is 0.394 e. The van der Waals surface area contributed by atoms with Gasteiger partial charge < -0.3 is 5.11 Å². The zero-order chi connectivity index (χ0) is 15.2. The van der Waals surface area contributed by atoms with Crippen LogP contribution in [0.3, 0.4) is 0 Å². The van der Waals surface area contributed by atoms with Gasteiger partial charge in [-0.15, -0.1) is 0 Å². The van der Waals surface area contributed by atoms with E-state index < -0.39 is 47.4 Å². The van der Waals surface area contributed by atoms with E-state index in [2.05, 4.69) is 4.72 Å². The summed E-state index contributed by atoms with van der Waals surface area (Å²) in [7, 11) is -3.87. The lowest BCUT2D eigenvalue weighted by Gasteiger charge is -2.17. The Labute approximate surface area is 115 Å². The third kappa shape index (κ3) is 6.36. The van der Waals surface area contributed by atoms with Crippen molar-refractivity contribution in [3.8, 4) is 0 Å². The normalized spacial score (nSPS) is 14.2. The Morgan fingerprint density at radius 1 is 1.20 bits per heavy atom. The van der Waals surface area contributed by atoms with Crippen LogP contribution < -0.4 is 4.72 Å². The molecule has 0 spiro atoms. The topological polar surface area (TPSA) is 66.4 Å². The highest BCUT2D eigenvalue weighted by Crippen LogP contribution is 2.22. The summed E-state index contributed by atoms with van der Waals surface area (Å²) in [6.07, 6.45) is -6.03. The van der Waals surface area contributed by atoms with Crippen LogP contribution in [0.5, 0.6) is 0 Å². The van der Waals surface area contributed by atoms with Crippen molar-refractivity contribution in [2.75, 3.05) is 12.4 Å². The molecule has 0 amide bonds. The Balaban J connectivity index is 2.60. The number of aliphatic hydroxyl groups excluding tert-OH is 1. The summed E-state index contributed by atoms with van der Waals surface area (Å²) >= 11 is 0. The molecule has 0 aliphatic rings. The van der Waals surface area contributed by atoms with Crippen LogP contribution in [0.1, 0.15) is 24.4 Å². The Morgan fingerprint density at radius 3 is 2.30 bits per heavy atom. The third-order valence-corrected chi connectivity index (χ3v) is 4.05. The van der Waals surface area contributed by atoms with E-state index in [1.165, 1.54) is 0 Å². The van der Waals surface area contributed by atoms with Crippen molar-refractivity contribution in [1.29, 1.82) is 0 Å². The molecule has 0 bridgehead atoms. The number of benzene rings is 1. The van der Waals surface area contributed by atoms with Crippen LogP contribution in [0.15, 0.2) is 30.3 Å². The summed E-state index contributed by atoms with van der Waals surface area (Å²) in [5, 5.41) is 9.19. The van der Waals surface area contributed by atoms with Crippen molar-refractivity contribution < 1.29 is 26.7 Å². The van der Waals surface area contributed by atoms with Crippen molar-refractivity contribution >= 4 is 10.0 Å². The number of nitrogens with one attached hydrogen (secondary N) is 1. The first-order valence-corrected chi connectivity index (χ1v) is 7.61. The minimum atomic E-state index is -4.37. The van der Waals surface area contributed by atoms with Crippen molar-refractivity contribution in [2.24, 2.45) is 0 Å². The van der Waals surface area contributed by atoms with Crippen molar-refractivity contribution in [3.63, 3.8) is 0 Å². The number of sulfonamides is 1. The highest BCUT2D eigenvalue weighted by atomic mass is 32.2. The second-order valence-electron chi connectivity index (χ2n) is 4.30. The summed E-state index contributed by atoms with van der Waals surface area (Å²) in [4.78, 5) is 0. The first-order chi connectivity index (χ1) is 9.23. The molecule has 1 atom stereocenters. The number of aliphatic hydroxyl groups is 1. The second-order valence-corrected chi connectivity index (χ2v) is 6.17. The number of halogens is 3. The SMILES string of the molecule is O=S(=O)(CCCC(F)(F)F)N[C@@H](CO)c1ccccc1. The Bertz CT molecular complexity index is 502. The van der Waals surface area contributed by atoms with Gasteiger partial charge in [0, 0.05) is 6.42 Å². The molecule has 0 saturated heterocycles. The van der Waals surface area contributed by atoms with E-state index in [0.717, 1.165) is 0 Å². The fourth-order valence-corrected chi connectivity index (χ4v) is 2.92. The molecule has 20 heavy (non-hydrogen) atoms. The van der Waals surface area contributed by atoms with Crippen LogP contribution in [0.4, 0.5) is 13.2 Å². The first-order valence-electron chi connectivity index (χ1n) is 5.96. The lowest BCUT2D eigenvalue weighted by atomic mass is 10.1. The Morgan fingerprint density at radius 2 is 1.80 bits per heavy atom. The van der Waals surface area contributed by atoms with Crippen molar-refractivity contribution in [2.45, 2.75) is 25.1 Å². The van der Waals surface area contributed by atoms with E-state index in [4.69, 9.17) is 0 Å². The summed E-state index contributed by atoms with van der Waals surface area (Å²) in [6.45, 7) is -0.470. The third-order valence-electron chi connectivity index (χ3n) is 2.58. The molecule has 0 heterocycles. The Hall–Kier alpha value is -1.12. The van der Waals surface area contributed by atoms with Gasteiger partial charge >= 0.3 is 6.18 Å². The van der Waals surface area contributed by atoms with E-state index in [1.54, 1.807) is 30.3 Å². The number of hydrogen-bond donors (Lipinski definition) is 2. The van der Waals surface area contributed by atoms with Crippen LogP contribution >= 0.6 is 0 Å². The molecule has 0 fully saturated rings. The molecule has 0 aromatic heterocycles. The fourth-order valence-electron chi connectivity index (χ4n) is 1.63. The molecule has 0 unspecified atom stereocenters. The minimum absolute atomic E-state index is 0.470. The molecule has 1 rings (SSSR count). The summed E-state index contributed by atoms with van der Waals surface area (Å²) < 4.78 is 61.4. The lowest BCUT2D eigenvalue weighted by molar-refractivity contribution is -0.134. The molecule has 4 nitrogen and oxygen atoms in total. The van der Waals surface area contributed by atoms with Crippen LogP contribution in [0.2, 0.25) is 0 Å². The molecule has 0 aliphatic heterocycles. The maximum absolute atomic E-state index is 12.0. The summed E-state index contributed by atoms with van der Waals surface area (Å²) in [6, 6.07) is 7.48. The van der Waals surface area contributed by atoms with Gasteiger partial charge in [-0.3, -0.25) is 0 Å². The average Bonchev–Trinajstić information content (AvgIpc) is 2.35. The first kappa shape index (κ1) is 16.9. The molecular formula is C12H16F3NO3S. The fraction of sp³-hybridized carbons (Fsp3) is 0.500. The number of hydrogen-bond acceptors (Lipinski definition) is 3. The van der Waals surface area contributed by atoms with Gasteiger partial charge in [-0.25, -0.2) is 13.1 Å². The minimum Gasteiger partial charge on any atom is -0.394 e. The average molecular weight is 311 g/mol. The van der Waals surface area contributed by atoms with E-state index in [1.807, 2.05) is 0 Å². The zero-order valence-electron chi connectivity index (χ0n) is 10.6. The predicted octanol–water partition coefficient (Wildman–Crippen LogP) is 1.98. The van der Waals surface area contributed by atoms with Gasteiger partial charge in [0.05, 0.1) is 18.4 Å². The zero-order valence-corrected chi connectivity index (χ0v) is 11.4. The molecule has 1 aromatic rings. The van der Waals surface area contributed by atoms with E-state index in [-0.39, 0.29) is 0 Å². The maximum Gasteiger partial charge on any atom is 0.389 e. The van der Waals surface area contributed by atoms with Gasteiger partial charge in [0.2, 0.25) is 10.0 Å². The van der Waals surface area contributed by atoms with Crippen molar-refractivity contribution in [1.82, 2.24) is 4.72 Å². The summed E-state index contributed by atoms with van der Waals surface area (Å²) in [5.41, 5.74) is 0.550. The van der Waals surface area contributed by atoms with Crippen molar-refractivity contribution in [3.05, 3.63) is 35.9 Å². The van der Waals surface area contributed by atoms with Crippen LogP contribution in [0, 0.1) is 0 Å².